The van der Waals surface area contributed by atoms with E-state index in [-0.39, 0.29) is 24.5 Å². The van der Waals surface area contributed by atoms with Crippen LogP contribution in [0.1, 0.15) is 31.1 Å². The fourth-order valence-corrected chi connectivity index (χ4v) is 3.09. The van der Waals surface area contributed by atoms with Gasteiger partial charge in [-0.05, 0) is 38.0 Å². The second kappa shape index (κ2) is 6.20. The third-order valence-corrected chi connectivity index (χ3v) is 4.56. The summed E-state index contributed by atoms with van der Waals surface area (Å²) in [5.74, 6) is 0.700. The molecule has 0 aliphatic carbocycles. The standard InChI is InChI=1S/C17H23N3O3/c1-10(2)20-7-11(3)14(8-20)19-17(22)12-4-5-15-13(6-12)18-16(21)9-23-15/h4-6,10-11,14H,7-9H2,1-3H3,(H,18,21)(H,19,22)/t11-,14+/m0/s1. The van der Waals surface area contributed by atoms with E-state index in [1.807, 2.05) is 0 Å². The van der Waals surface area contributed by atoms with E-state index in [9.17, 15) is 9.59 Å². The van der Waals surface area contributed by atoms with Gasteiger partial charge in [0.25, 0.3) is 11.8 Å². The van der Waals surface area contributed by atoms with Crippen molar-refractivity contribution < 1.29 is 14.3 Å². The highest BCUT2D eigenvalue weighted by atomic mass is 16.5. The molecule has 3 rings (SSSR count). The lowest BCUT2D eigenvalue weighted by Gasteiger charge is -2.21. The van der Waals surface area contributed by atoms with Gasteiger partial charge >= 0.3 is 0 Å². The number of carbonyl (C=O) groups excluding carboxylic acids is 2. The maximum absolute atomic E-state index is 12.5. The quantitative estimate of drug-likeness (QED) is 0.886. The van der Waals surface area contributed by atoms with Crippen LogP contribution in [0.4, 0.5) is 5.69 Å². The first-order valence-corrected chi connectivity index (χ1v) is 8.05. The topological polar surface area (TPSA) is 70.7 Å². The molecule has 1 aromatic rings. The average molecular weight is 317 g/mol. The smallest absolute Gasteiger partial charge is 0.262 e. The van der Waals surface area contributed by atoms with Gasteiger partial charge in [-0.25, -0.2) is 0 Å². The van der Waals surface area contributed by atoms with Crippen molar-refractivity contribution in [1.29, 1.82) is 0 Å². The molecule has 2 atom stereocenters. The van der Waals surface area contributed by atoms with E-state index in [0.717, 1.165) is 13.1 Å². The molecule has 2 aliphatic heterocycles. The Bertz CT molecular complexity index is 630. The number of anilines is 1. The van der Waals surface area contributed by atoms with Crippen LogP contribution in [0.3, 0.4) is 0 Å². The summed E-state index contributed by atoms with van der Waals surface area (Å²) in [6.07, 6.45) is 0. The molecule has 124 valence electrons. The normalized spacial score (nSPS) is 24.1. The van der Waals surface area contributed by atoms with Gasteiger partial charge in [0.1, 0.15) is 5.75 Å². The highest BCUT2D eigenvalue weighted by molar-refractivity contribution is 5.99. The van der Waals surface area contributed by atoms with Crippen molar-refractivity contribution >= 4 is 17.5 Å². The van der Waals surface area contributed by atoms with Crippen molar-refractivity contribution in [3.05, 3.63) is 23.8 Å². The molecule has 2 amide bonds. The maximum atomic E-state index is 12.5. The van der Waals surface area contributed by atoms with Crippen molar-refractivity contribution in [3.63, 3.8) is 0 Å². The van der Waals surface area contributed by atoms with Crippen LogP contribution < -0.4 is 15.4 Å². The van der Waals surface area contributed by atoms with Gasteiger partial charge in [-0.1, -0.05) is 6.92 Å². The number of likely N-dealkylation sites (tertiary alicyclic amines) is 1. The van der Waals surface area contributed by atoms with Gasteiger partial charge in [0.15, 0.2) is 6.61 Å². The van der Waals surface area contributed by atoms with Crippen molar-refractivity contribution in [2.45, 2.75) is 32.9 Å². The summed E-state index contributed by atoms with van der Waals surface area (Å²) < 4.78 is 5.31. The lowest BCUT2D eigenvalue weighted by atomic mass is 10.1. The molecule has 0 aromatic heterocycles. The Labute approximate surface area is 136 Å². The summed E-state index contributed by atoms with van der Waals surface area (Å²) in [5, 5.41) is 5.84. The van der Waals surface area contributed by atoms with Crippen LogP contribution in [0.15, 0.2) is 18.2 Å². The third kappa shape index (κ3) is 3.32. The first-order valence-electron chi connectivity index (χ1n) is 8.05. The summed E-state index contributed by atoms with van der Waals surface area (Å²) in [6.45, 7) is 8.38. The summed E-state index contributed by atoms with van der Waals surface area (Å²) in [5.41, 5.74) is 1.09. The lowest BCUT2D eigenvalue weighted by molar-refractivity contribution is -0.118. The number of carbonyl (C=O) groups is 2. The molecule has 6 heteroatoms. The van der Waals surface area contributed by atoms with E-state index in [4.69, 9.17) is 4.74 Å². The Morgan fingerprint density at radius 2 is 2.17 bits per heavy atom. The molecule has 0 spiro atoms. The van der Waals surface area contributed by atoms with Crippen molar-refractivity contribution in [2.75, 3.05) is 25.0 Å². The monoisotopic (exact) mass is 317 g/mol. The third-order valence-electron chi connectivity index (χ3n) is 4.56. The van der Waals surface area contributed by atoms with E-state index >= 15 is 0 Å². The minimum absolute atomic E-state index is 0.0170. The van der Waals surface area contributed by atoms with Crippen LogP contribution in [0.5, 0.6) is 5.75 Å². The molecular formula is C17H23N3O3. The van der Waals surface area contributed by atoms with Crippen LogP contribution in [0, 0.1) is 5.92 Å². The largest absolute Gasteiger partial charge is 0.482 e. The number of amides is 2. The number of ether oxygens (including phenoxy) is 1. The molecular weight excluding hydrogens is 294 g/mol. The van der Waals surface area contributed by atoms with Crippen molar-refractivity contribution in [2.24, 2.45) is 5.92 Å². The SMILES string of the molecule is CC(C)N1C[C@H](C)[C@H](NC(=O)c2ccc3c(c2)NC(=O)CO3)C1. The van der Waals surface area contributed by atoms with Crippen LogP contribution in [0.2, 0.25) is 0 Å². The van der Waals surface area contributed by atoms with Crippen LogP contribution in [0.25, 0.3) is 0 Å². The van der Waals surface area contributed by atoms with Crippen molar-refractivity contribution in [3.8, 4) is 5.75 Å². The zero-order valence-corrected chi connectivity index (χ0v) is 13.8. The summed E-state index contributed by atoms with van der Waals surface area (Å²) in [4.78, 5) is 26.3. The Morgan fingerprint density at radius 3 is 2.87 bits per heavy atom. The van der Waals surface area contributed by atoms with E-state index in [2.05, 4.69) is 36.3 Å². The van der Waals surface area contributed by atoms with Gasteiger partial charge in [0.05, 0.1) is 5.69 Å². The molecule has 23 heavy (non-hydrogen) atoms. The van der Waals surface area contributed by atoms with E-state index in [0.29, 0.717) is 29.0 Å². The number of fused-ring (bicyclic) bond motifs is 1. The Hall–Kier alpha value is -2.08. The lowest BCUT2D eigenvalue weighted by Crippen LogP contribution is -2.40. The average Bonchev–Trinajstić information content (AvgIpc) is 2.87. The molecule has 0 radical (unpaired) electrons. The molecule has 0 unspecified atom stereocenters. The van der Waals surface area contributed by atoms with Gasteiger partial charge in [-0.2, -0.15) is 0 Å². The Morgan fingerprint density at radius 1 is 1.39 bits per heavy atom. The zero-order chi connectivity index (χ0) is 16.6. The minimum atomic E-state index is -0.202. The Balaban J connectivity index is 1.69. The molecule has 0 saturated carbocycles. The van der Waals surface area contributed by atoms with E-state index < -0.39 is 0 Å². The van der Waals surface area contributed by atoms with Gasteiger partial charge in [-0.3, -0.25) is 14.5 Å². The summed E-state index contributed by atoms with van der Waals surface area (Å²) in [6, 6.07) is 5.75. The van der Waals surface area contributed by atoms with E-state index in [1.165, 1.54) is 0 Å². The fraction of sp³-hybridized carbons (Fsp3) is 0.529. The summed E-state index contributed by atoms with van der Waals surface area (Å²) in [7, 11) is 0. The molecule has 1 aromatic carbocycles. The predicted molar refractivity (Wildman–Crippen MR) is 87.7 cm³/mol. The first-order chi connectivity index (χ1) is 10.9. The molecule has 1 fully saturated rings. The van der Waals surface area contributed by atoms with Gasteiger partial charge in [0, 0.05) is 30.7 Å². The van der Waals surface area contributed by atoms with Crippen LogP contribution >= 0.6 is 0 Å². The second-order valence-electron chi connectivity index (χ2n) is 6.65. The molecule has 2 heterocycles. The zero-order valence-electron chi connectivity index (χ0n) is 13.8. The molecule has 2 N–H and O–H groups in total. The highest BCUT2D eigenvalue weighted by Gasteiger charge is 2.32. The predicted octanol–water partition coefficient (Wildman–Crippen LogP) is 1.48. The fourth-order valence-electron chi connectivity index (χ4n) is 3.09. The molecule has 0 bridgehead atoms. The number of nitrogens with one attached hydrogen (secondary N) is 2. The Kier molecular flexibility index (Phi) is 4.26. The number of hydrogen-bond acceptors (Lipinski definition) is 4. The number of nitrogens with zero attached hydrogens (tertiary/aromatic N) is 1. The summed E-state index contributed by atoms with van der Waals surface area (Å²) >= 11 is 0. The van der Waals surface area contributed by atoms with Gasteiger partial charge < -0.3 is 15.4 Å². The number of hydrogen-bond donors (Lipinski definition) is 2. The van der Waals surface area contributed by atoms with Crippen molar-refractivity contribution in [1.82, 2.24) is 10.2 Å². The van der Waals surface area contributed by atoms with Gasteiger partial charge in [-0.15, -0.1) is 0 Å². The minimum Gasteiger partial charge on any atom is -0.482 e. The van der Waals surface area contributed by atoms with Crippen LogP contribution in [-0.2, 0) is 4.79 Å². The molecule has 6 nitrogen and oxygen atoms in total. The first kappa shape index (κ1) is 15.8. The number of rotatable bonds is 3. The molecule has 2 aliphatic rings. The van der Waals surface area contributed by atoms with E-state index in [1.54, 1.807) is 18.2 Å². The second-order valence-corrected chi connectivity index (χ2v) is 6.65. The number of benzene rings is 1. The maximum Gasteiger partial charge on any atom is 0.262 e. The van der Waals surface area contributed by atoms with Crippen LogP contribution in [-0.4, -0.2) is 48.5 Å². The van der Waals surface area contributed by atoms with Gasteiger partial charge in [0.2, 0.25) is 0 Å². The highest BCUT2D eigenvalue weighted by Crippen LogP contribution is 2.28. The molecule has 1 saturated heterocycles.